The SMILES string of the molecule is COC(=O)/C=C1\S/C(=N/N=C/c2ccc(Cl)cc2)N(/N=C/c2ccc(Cl)cc2)C1=O. The number of amides is 1. The van der Waals surface area contributed by atoms with E-state index in [2.05, 4.69) is 20.0 Å². The molecule has 3 rings (SSSR count). The number of esters is 1. The summed E-state index contributed by atoms with van der Waals surface area (Å²) in [6, 6.07) is 13.9. The van der Waals surface area contributed by atoms with Crippen molar-refractivity contribution in [1.29, 1.82) is 0 Å². The highest BCUT2D eigenvalue weighted by atomic mass is 35.5. The van der Waals surface area contributed by atoms with Crippen LogP contribution in [-0.4, -0.2) is 41.6 Å². The summed E-state index contributed by atoms with van der Waals surface area (Å²) in [5.74, 6) is -1.17. The van der Waals surface area contributed by atoms with Crippen molar-refractivity contribution >= 4 is 64.4 Å². The minimum absolute atomic E-state index is 0.121. The molecule has 0 aromatic heterocycles. The van der Waals surface area contributed by atoms with Gasteiger partial charge in [-0.2, -0.15) is 15.2 Å². The number of carbonyl (C=O) groups excluding carboxylic acids is 2. The largest absolute Gasteiger partial charge is 0.466 e. The lowest BCUT2D eigenvalue weighted by atomic mass is 10.2. The van der Waals surface area contributed by atoms with E-state index in [9.17, 15) is 9.59 Å². The highest BCUT2D eigenvalue weighted by molar-refractivity contribution is 8.18. The Morgan fingerprint density at radius 2 is 1.57 bits per heavy atom. The van der Waals surface area contributed by atoms with Gasteiger partial charge in [0.15, 0.2) is 0 Å². The Bertz CT molecular complexity index is 1060. The number of amidine groups is 1. The van der Waals surface area contributed by atoms with Crippen LogP contribution in [0.25, 0.3) is 0 Å². The fourth-order valence-electron chi connectivity index (χ4n) is 2.17. The van der Waals surface area contributed by atoms with E-state index in [1.807, 2.05) is 0 Å². The zero-order valence-electron chi connectivity index (χ0n) is 15.5. The minimum atomic E-state index is -0.654. The monoisotopic (exact) mass is 460 g/mol. The first-order valence-electron chi connectivity index (χ1n) is 8.44. The van der Waals surface area contributed by atoms with Gasteiger partial charge in [0.05, 0.1) is 24.4 Å². The van der Waals surface area contributed by atoms with Crippen molar-refractivity contribution in [1.82, 2.24) is 5.01 Å². The van der Waals surface area contributed by atoms with Crippen LogP contribution < -0.4 is 0 Å². The molecule has 2 aromatic carbocycles. The normalized spacial score (nSPS) is 17.0. The molecule has 0 spiro atoms. The summed E-state index contributed by atoms with van der Waals surface area (Å²) in [5, 5.41) is 14.7. The zero-order valence-corrected chi connectivity index (χ0v) is 17.9. The molecule has 0 saturated carbocycles. The number of methoxy groups -OCH3 is 1. The predicted octanol–water partition coefficient (Wildman–Crippen LogP) is 4.35. The molecular formula is C20H14Cl2N4O3S. The maximum atomic E-state index is 12.7. The lowest BCUT2D eigenvalue weighted by Gasteiger charge is -2.06. The van der Waals surface area contributed by atoms with Crippen LogP contribution in [0.15, 0.2) is 74.8 Å². The number of thioether (sulfide) groups is 1. The third kappa shape index (κ3) is 5.79. The summed E-state index contributed by atoms with van der Waals surface area (Å²) in [6.07, 6.45) is 4.08. The van der Waals surface area contributed by atoms with Crippen LogP contribution in [0, 0.1) is 0 Å². The van der Waals surface area contributed by atoms with Crippen LogP contribution in [0.3, 0.4) is 0 Å². The molecule has 10 heteroatoms. The number of carbonyl (C=O) groups is 2. The van der Waals surface area contributed by atoms with Crippen LogP contribution in [0.2, 0.25) is 10.0 Å². The Labute approximate surface area is 186 Å². The van der Waals surface area contributed by atoms with Crippen molar-refractivity contribution < 1.29 is 14.3 Å². The Morgan fingerprint density at radius 3 is 2.13 bits per heavy atom. The maximum Gasteiger partial charge on any atom is 0.331 e. The van der Waals surface area contributed by atoms with Crippen molar-refractivity contribution in [2.75, 3.05) is 7.11 Å². The van der Waals surface area contributed by atoms with Gasteiger partial charge in [-0.05, 0) is 47.2 Å². The third-order valence-corrected chi connectivity index (χ3v) is 5.10. The molecule has 0 radical (unpaired) electrons. The Kier molecular flexibility index (Phi) is 7.40. The molecule has 1 aliphatic rings. The van der Waals surface area contributed by atoms with Gasteiger partial charge in [-0.1, -0.05) is 47.5 Å². The summed E-state index contributed by atoms with van der Waals surface area (Å²) < 4.78 is 4.59. The molecule has 30 heavy (non-hydrogen) atoms. The summed E-state index contributed by atoms with van der Waals surface area (Å²) >= 11 is 12.7. The number of hydrogen-bond donors (Lipinski definition) is 0. The number of benzene rings is 2. The second kappa shape index (κ2) is 10.2. The average molecular weight is 461 g/mol. The first-order chi connectivity index (χ1) is 14.5. The van der Waals surface area contributed by atoms with Gasteiger partial charge in [0.25, 0.3) is 5.91 Å². The van der Waals surface area contributed by atoms with Gasteiger partial charge in [0.1, 0.15) is 0 Å². The molecule has 0 N–H and O–H groups in total. The predicted molar refractivity (Wildman–Crippen MR) is 120 cm³/mol. The van der Waals surface area contributed by atoms with Crippen LogP contribution in [0.1, 0.15) is 11.1 Å². The van der Waals surface area contributed by atoms with Gasteiger partial charge in [0, 0.05) is 16.1 Å². The lowest BCUT2D eigenvalue weighted by Crippen LogP contribution is -2.23. The second-order valence-electron chi connectivity index (χ2n) is 5.73. The zero-order chi connectivity index (χ0) is 21.5. The van der Waals surface area contributed by atoms with Crippen molar-refractivity contribution in [3.63, 3.8) is 0 Å². The fraction of sp³-hybridized carbons (Fsp3) is 0.0500. The second-order valence-corrected chi connectivity index (χ2v) is 7.61. The Balaban J connectivity index is 1.87. The molecule has 2 aromatic rings. The summed E-state index contributed by atoms with van der Waals surface area (Å²) in [5.41, 5.74) is 1.51. The van der Waals surface area contributed by atoms with E-state index in [1.165, 1.54) is 19.5 Å². The van der Waals surface area contributed by atoms with Crippen molar-refractivity contribution in [3.8, 4) is 0 Å². The number of hydrazone groups is 1. The molecule has 1 saturated heterocycles. The molecule has 0 atom stereocenters. The highest BCUT2D eigenvalue weighted by Crippen LogP contribution is 2.31. The molecule has 1 aliphatic heterocycles. The summed E-state index contributed by atoms with van der Waals surface area (Å²) in [6.45, 7) is 0. The van der Waals surface area contributed by atoms with E-state index in [0.717, 1.165) is 34.0 Å². The van der Waals surface area contributed by atoms with Crippen LogP contribution in [0.4, 0.5) is 0 Å². The number of halogens is 2. The molecule has 1 fully saturated rings. The number of rotatable bonds is 5. The molecule has 0 aliphatic carbocycles. The first kappa shape index (κ1) is 21.8. The van der Waals surface area contributed by atoms with Crippen LogP contribution in [-0.2, 0) is 14.3 Å². The van der Waals surface area contributed by atoms with Crippen molar-refractivity contribution in [2.45, 2.75) is 0 Å². The number of hydrogen-bond acceptors (Lipinski definition) is 7. The van der Waals surface area contributed by atoms with Crippen molar-refractivity contribution in [2.24, 2.45) is 15.3 Å². The molecule has 0 unspecified atom stereocenters. The van der Waals surface area contributed by atoms with E-state index < -0.39 is 11.9 Å². The lowest BCUT2D eigenvalue weighted by molar-refractivity contribution is -0.135. The van der Waals surface area contributed by atoms with Crippen LogP contribution in [0.5, 0.6) is 0 Å². The Hall–Kier alpha value is -2.94. The molecular weight excluding hydrogens is 447 g/mol. The molecule has 7 nitrogen and oxygen atoms in total. The molecule has 1 amide bonds. The number of ether oxygens (including phenoxy) is 1. The van der Waals surface area contributed by atoms with Gasteiger partial charge in [-0.3, -0.25) is 4.79 Å². The molecule has 1 heterocycles. The maximum absolute atomic E-state index is 12.7. The summed E-state index contributed by atoms with van der Waals surface area (Å²) in [4.78, 5) is 24.3. The molecule has 0 bridgehead atoms. The van der Waals surface area contributed by atoms with Gasteiger partial charge in [-0.25, -0.2) is 4.79 Å². The van der Waals surface area contributed by atoms with Gasteiger partial charge in [-0.15, -0.1) is 5.10 Å². The quantitative estimate of drug-likeness (QED) is 0.287. The van der Waals surface area contributed by atoms with E-state index in [4.69, 9.17) is 23.2 Å². The van der Waals surface area contributed by atoms with Gasteiger partial charge >= 0.3 is 5.97 Å². The van der Waals surface area contributed by atoms with E-state index >= 15 is 0 Å². The number of nitrogens with zero attached hydrogens (tertiary/aromatic N) is 4. The van der Waals surface area contributed by atoms with E-state index in [-0.39, 0.29) is 10.1 Å². The van der Waals surface area contributed by atoms with Crippen molar-refractivity contribution in [3.05, 3.63) is 80.7 Å². The Morgan fingerprint density at radius 1 is 1.00 bits per heavy atom. The molecule has 152 valence electrons. The summed E-state index contributed by atoms with van der Waals surface area (Å²) in [7, 11) is 1.23. The topological polar surface area (TPSA) is 83.7 Å². The minimum Gasteiger partial charge on any atom is -0.466 e. The average Bonchev–Trinajstić information content (AvgIpc) is 3.03. The van der Waals surface area contributed by atoms with Gasteiger partial charge < -0.3 is 4.74 Å². The van der Waals surface area contributed by atoms with E-state index in [1.54, 1.807) is 48.5 Å². The van der Waals surface area contributed by atoms with Gasteiger partial charge in [0.2, 0.25) is 5.17 Å². The van der Waals surface area contributed by atoms with E-state index in [0.29, 0.717) is 10.0 Å². The fourth-order valence-corrected chi connectivity index (χ4v) is 3.25. The smallest absolute Gasteiger partial charge is 0.331 e. The standard InChI is InChI=1S/C20H14Cl2N4O3S/c1-29-18(27)10-17-19(28)26(24-12-14-4-8-16(22)9-5-14)20(30-17)25-23-11-13-2-6-15(21)7-3-13/h2-12H,1H3/b17-10-,23-11+,24-12+,25-20+. The van der Waals surface area contributed by atoms with Crippen LogP contribution >= 0.6 is 35.0 Å². The third-order valence-electron chi connectivity index (χ3n) is 3.65. The highest BCUT2D eigenvalue weighted by Gasteiger charge is 2.34. The first-order valence-corrected chi connectivity index (χ1v) is 10.0.